The van der Waals surface area contributed by atoms with Crippen LogP contribution in [0.1, 0.15) is 31.2 Å². The predicted molar refractivity (Wildman–Crippen MR) is 107 cm³/mol. The van der Waals surface area contributed by atoms with E-state index in [9.17, 15) is 13.5 Å². The number of rotatable bonds is 8. The maximum atomic E-state index is 12.2. The lowest BCUT2D eigenvalue weighted by atomic mass is 9.82. The summed E-state index contributed by atoms with van der Waals surface area (Å²) in [6, 6.07) is 7.44. The Kier molecular flexibility index (Phi) is 7.24. The minimum Gasteiger partial charge on any atom is -0.391 e. The van der Waals surface area contributed by atoms with Crippen LogP contribution in [0, 0.1) is 5.92 Å². The largest absolute Gasteiger partial charge is 0.391 e. The van der Waals surface area contributed by atoms with Gasteiger partial charge in [0.1, 0.15) is 4.21 Å². The van der Waals surface area contributed by atoms with Gasteiger partial charge in [-0.15, -0.1) is 11.3 Å². The van der Waals surface area contributed by atoms with Gasteiger partial charge in [-0.3, -0.25) is 4.98 Å². The molecule has 0 aliphatic heterocycles. The number of hydrogen-bond acceptors (Lipinski definition) is 6. The van der Waals surface area contributed by atoms with Gasteiger partial charge in [0.15, 0.2) is 0 Å². The maximum Gasteiger partial charge on any atom is 0.250 e. The molecule has 2 aromatic heterocycles. The summed E-state index contributed by atoms with van der Waals surface area (Å²) in [6.07, 6.45) is 6.59. The van der Waals surface area contributed by atoms with Crippen molar-refractivity contribution in [2.75, 3.05) is 6.54 Å². The van der Waals surface area contributed by atoms with E-state index < -0.39 is 16.1 Å². The molecule has 27 heavy (non-hydrogen) atoms. The highest BCUT2D eigenvalue weighted by molar-refractivity contribution is 7.91. The molecule has 0 radical (unpaired) electrons. The van der Waals surface area contributed by atoms with Crippen LogP contribution in [-0.2, 0) is 16.6 Å². The van der Waals surface area contributed by atoms with Crippen LogP contribution in [0.4, 0.5) is 0 Å². The van der Waals surface area contributed by atoms with Gasteiger partial charge in [0, 0.05) is 31.5 Å². The summed E-state index contributed by atoms with van der Waals surface area (Å²) >= 11 is 6.80. The number of thiophene rings is 1. The lowest BCUT2D eigenvalue weighted by Gasteiger charge is -2.32. The quantitative estimate of drug-likeness (QED) is 0.600. The smallest absolute Gasteiger partial charge is 0.250 e. The fourth-order valence-electron chi connectivity index (χ4n) is 3.35. The van der Waals surface area contributed by atoms with Crippen molar-refractivity contribution in [3.05, 3.63) is 46.6 Å². The van der Waals surface area contributed by atoms with Crippen molar-refractivity contribution < 1.29 is 13.5 Å². The molecule has 3 N–H and O–H groups in total. The molecule has 0 saturated heterocycles. The van der Waals surface area contributed by atoms with Crippen LogP contribution in [0.3, 0.4) is 0 Å². The Morgan fingerprint density at radius 2 is 1.89 bits per heavy atom. The lowest BCUT2D eigenvalue weighted by molar-refractivity contribution is 0.0820. The van der Waals surface area contributed by atoms with Gasteiger partial charge < -0.3 is 10.4 Å². The van der Waals surface area contributed by atoms with Gasteiger partial charge >= 0.3 is 0 Å². The number of nitrogens with zero attached hydrogens (tertiary/aromatic N) is 1. The van der Waals surface area contributed by atoms with E-state index in [-0.39, 0.29) is 16.7 Å². The number of pyridine rings is 1. The first-order valence-electron chi connectivity index (χ1n) is 8.99. The van der Waals surface area contributed by atoms with Crippen LogP contribution in [0.15, 0.2) is 40.9 Å². The van der Waals surface area contributed by atoms with Crippen molar-refractivity contribution in [1.82, 2.24) is 15.0 Å². The number of hydrogen-bond donors (Lipinski definition) is 3. The standard InChI is InChI=1S/C18H24ClN3O3S2/c19-17-5-6-18(26-17)27(24,25)22-12-16(23)14-1-3-15(4-2-14)21-11-13-7-9-20-10-8-13/h5-10,14-16,21-23H,1-4,11-12H2/t14?,15?,16-/m0/s1. The topological polar surface area (TPSA) is 91.3 Å². The summed E-state index contributed by atoms with van der Waals surface area (Å²) in [5.74, 6) is 0.110. The van der Waals surface area contributed by atoms with E-state index in [4.69, 9.17) is 11.6 Å². The molecule has 0 unspecified atom stereocenters. The van der Waals surface area contributed by atoms with Crippen LogP contribution in [0.5, 0.6) is 0 Å². The van der Waals surface area contributed by atoms with E-state index in [0.29, 0.717) is 10.4 Å². The Hall–Kier alpha value is -1.03. The highest BCUT2D eigenvalue weighted by Crippen LogP contribution is 2.28. The Labute approximate surface area is 169 Å². The van der Waals surface area contributed by atoms with E-state index in [1.54, 1.807) is 18.5 Å². The van der Waals surface area contributed by atoms with Gasteiger partial charge in [0.05, 0.1) is 10.4 Å². The molecule has 1 atom stereocenters. The van der Waals surface area contributed by atoms with Crippen LogP contribution in [-0.4, -0.2) is 37.2 Å². The van der Waals surface area contributed by atoms with Gasteiger partial charge in [-0.25, -0.2) is 13.1 Å². The van der Waals surface area contributed by atoms with Crippen molar-refractivity contribution in [3.63, 3.8) is 0 Å². The lowest BCUT2D eigenvalue weighted by Crippen LogP contribution is -2.40. The zero-order valence-corrected chi connectivity index (χ0v) is 17.2. The number of aromatic nitrogens is 1. The van der Waals surface area contributed by atoms with E-state index in [2.05, 4.69) is 15.0 Å². The summed E-state index contributed by atoms with van der Waals surface area (Å²) in [5, 5.41) is 14.0. The van der Waals surface area contributed by atoms with E-state index in [1.165, 1.54) is 11.6 Å². The summed E-state index contributed by atoms with van der Waals surface area (Å²) in [7, 11) is -3.62. The number of sulfonamides is 1. The number of nitrogens with one attached hydrogen (secondary N) is 2. The number of halogens is 1. The van der Waals surface area contributed by atoms with Gasteiger partial charge in [-0.1, -0.05) is 11.6 Å². The molecule has 0 amide bonds. The second-order valence-corrected chi connectivity index (χ2v) is 10.5. The van der Waals surface area contributed by atoms with Crippen molar-refractivity contribution in [3.8, 4) is 0 Å². The molecule has 1 saturated carbocycles. The molecule has 0 spiro atoms. The second-order valence-electron chi connectivity index (χ2n) is 6.83. The maximum absolute atomic E-state index is 12.2. The first-order chi connectivity index (χ1) is 12.9. The van der Waals surface area contributed by atoms with Gasteiger partial charge in [0.25, 0.3) is 0 Å². The van der Waals surface area contributed by atoms with E-state index in [0.717, 1.165) is 43.6 Å². The molecular weight excluding hydrogens is 406 g/mol. The molecule has 2 aromatic rings. The van der Waals surface area contributed by atoms with Gasteiger partial charge in [-0.2, -0.15) is 0 Å². The summed E-state index contributed by atoms with van der Waals surface area (Å²) in [6.45, 7) is 0.835. The first kappa shape index (κ1) is 20.7. The molecule has 1 fully saturated rings. The minimum absolute atomic E-state index is 0.0254. The molecule has 2 heterocycles. The number of aliphatic hydroxyl groups excluding tert-OH is 1. The van der Waals surface area contributed by atoms with Crippen molar-refractivity contribution >= 4 is 33.0 Å². The van der Waals surface area contributed by atoms with E-state index in [1.807, 2.05) is 12.1 Å². The van der Waals surface area contributed by atoms with Crippen LogP contribution < -0.4 is 10.0 Å². The molecule has 9 heteroatoms. The molecule has 1 aliphatic carbocycles. The van der Waals surface area contributed by atoms with Crippen molar-refractivity contribution in [2.24, 2.45) is 5.92 Å². The third kappa shape index (κ3) is 5.97. The Morgan fingerprint density at radius 3 is 2.52 bits per heavy atom. The number of aliphatic hydroxyl groups is 1. The van der Waals surface area contributed by atoms with Crippen LogP contribution >= 0.6 is 22.9 Å². The molecule has 3 rings (SSSR count). The zero-order chi connectivity index (χ0) is 19.3. The van der Waals surface area contributed by atoms with Crippen molar-refractivity contribution in [2.45, 2.75) is 48.6 Å². The average Bonchev–Trinajstić information content (AvgIpc) is 3.13. The second kappa shape index (κ2) is 9.45. The van der Waals surface area contributed by atoms with E-state index >= 15 is 0 Å². The fraction of sp³-hybridized carbons (Fsp3) is 0.500. The Bertz CT molecular complexity index is 821. The van der Waals surface area contributed by atoms with Crippen LogP contribution in [0.2, 0.25) is 4.34 Å². The molecular formula is C18H24ClN3O3S2. The van der Waals surface area contributed by atoms with Crippen molar-refractivity contribution in [1.29, 1.82) is 0 Å². The van der Waals surface area contributed by atoms with Gasteiger partial charge in [0.2, 0.25) is 10.0 Å². The third-order valence-electron chi connectivity index (χ3n) is 4.96. The fourth-order valence-corrected chi connectivity index (χ4v) is 5.92. The molecule has 1 aliphatic rings. The predicted octanol–water partition coefficient (Wildman–Crippen LogP) is 2.78. The average molecular weight is 430 g/mol. The van der Waals surface area contributed by atoms with Gasteiger partial charge in [-0.05, 0) is 61.4 Å². The normalized spacial score (nSPS) is 21.9. The summed E-state index contributed by atoms with van der Waals surface area (Å²) in [4.78, 5) is 4.01. The SMILES string of the molecule is O=S(=O)(NC[C@H](O)C1CCC(NCc2ccncc2)CC1)c1ccc(Cl)s1. The Morgan fingerprint density at radius 1 is 1.19 bits per heavy atom. The highest BCUT2D eigenvalue weighted by atomic mass is 35.5. The first-order valence-corrected chi connectivity index (χ1v) is 11.7. The molecule has 6 nitrogen and oxygen atoms in total. The highest BCUT2D eigenvalue weighted by Gasteiger charge is 2.27. The van der Waals surface area contributed by atoms with Crippen LogP contribution in [0.25, 0.3) is 0 Å². The zero-order valence-electron chi connectivity index (χ0n) is 14.8. The molecule has 0 bridgehead atoms. The summed E-state index contributed by atoms with van der Waals surface area (Å²) < 4.78 is 27.5. The monoisotopic (exact) mass is 429 g/mol. The third-order valence-corrected chi connectivity index (χ3v) is 8.10. The molecule has 0 aromatic carbocycles. The molecule has 148 valence electrons. The minimum atomic E-state index is -3.62. The Balaban J connectivity index is 1.41. The summed E-state index contributed by atoms with van der Waals surface area (Å²) in [5.41, 5.74) is 1.20.